The van der Waals surface area contributed by atoms with Crippen LogP contribution in [-0.2, 0) is 4.74 Å². The molecular weight excluding hydrogens is 229 g/mol. The van der Waals surface area contributed by atoms with Crippen molar-refractivity contribution in [2.24, 2.45) is 0 Å². The van der Waals surface area contributed by atoms with Crippen molar-refractivity contribution in [2.75, 3.05) is 18.5 Å². The number of halogens is 2. The zero-order valence-corrected chi connectivity index (χ0v) is 10.6. The molecule has 0 amide bonds. The standard InChI is InChI=1S/C12H17ClFNO/c1-12(2,3)16-7-6-15-9-4-5-10(13)11(14)8-9/h4-5,8,15H,6-7H2,1-3H3. The molecule has 90 valence electrons. The summed E-state index contributed by atoms with van der Waals surface area (Å²) in [6, 6.07) is 4.64. The third kappa shape index (κ3) is 4.81. The van der Waals surface area contributed by atoms with Crippen LogP contribution in [0.2, 0.25) is 5.02 Å². The Labute approximate surface area is 101 Å². The molecule has 1 aromatic carbocycles. The summed E-state index contributed by atoms with van der Waals surface area (Å²) in [4.78, 5) is 0. The number of hydrogen-bond acceptors (Lipinski definition) is 2. The maximum Gasteiger partial charge on any atom is 0.143 e. The average molecular weight is 246 g/mol. The largest absolute Gasteiger partial charge is 0.383 e. The maximum atomic E-state index is 13.1. The molecule has 0 atom stereocenters. The molecule has 0 aliphatic carbocycles. The van der Waals surface area contributed by atoms with Crippen LogP contribution in [0, 0.1) is 5.82 Å². The lowest BCUT2D eigenvalue weighted by Crippen LogP contribution is -2.23. The molecule has 16 heavy (non-hydrogen) atoms. The van der Waals surface area contributed by atoms with Crippen LogP contribution in [0.4, 0.5) is 10.1 Å². The van der Waals surface area contributed by atoms with Crippen LogP contribution in [0.15, 0.2) is 18.2 Å². The Morgan fingerprint density at radius 1 is 1.38 bits per heavy atom. The van der Waals surface area contributed by atoms with Crippen molar-refractivity contribution in [3.05, 3.63) is 29.0 Å². The van der Waals surface area contributed by atoms with E-state index >= 15 is 0 Å². The number of benzene rings is 1. The molecule has 0 bridgehead atoms. The molecule has 0 saturated heterocycles. The summed E-state index contributed by atoms with van der Waals surface area (Å²) >= 11 is 5.57. The van der Waals surface area contributed by atoms with Crippen LogP contribution < -0.4 is 5.32 Å². The van der Waals surface area contributed by atoms with Crippen molar-refractivity contribution in [1.82, 2.24) is 0 Å². The van der Waals surface area contributed by atoms with Gasteiger partial charge < -0.3 is 10.1 Å². The monoisotopic (exact) mass is 245 g/mol. The van der Waals surface area contributed by atoms with Crippen molar-refractivity contribution in [2.45, 2.75) is 26.4 Å². The third-order valence-corrected chi connectivity index (χ3v) is 2.19. The van der Waals surface area contributed by atoms with E-state index in [1.54, 1.807) is 6.07 Å². The predicted molar refractivity (Wildman–Crippen MR) is 65.6 cm³/mol. The minimum atomic E-state index is -0.414. The second-order valence-electron chi connectivity index (χ2n) is 4.52. The molecule has 0 unspecified atom stereocenters. The lowest BCUT2D eigenvalue weighted by molar-refractivity contribution is 0.00333. The Kier molecular flexibility index (Phi) is 4.56. The highest BCUT2D eigenvalue weighted by atomic mass is 35.5. The van der Waals surface area contributed by atoms with Gasteiger partial charge in [-0.2, -0.15) is 0 Å². The number of rotatable bonds is 4. The number of anilines is 1. The molecule has 0 aliphatic heterocycles. The quantitative estimate of drug-likeness (QED) is 0.817. The molecule has 0 fully saturated rings. The zero-order valence-electron chi connectivity index (χ0n) is 9.81. The van der Waals surface area contributed by atoms with Crippen molar-refractivity contribution in [1.29, 1.82) is 0 Å². The summed E-state index contributed by atoms with van der Waals surface area (Å²) in [6.07, 6.45) is 0. The zero-order chi connectivity index (χ0) is 12.2. The summed E-state index contributed by atoms with van der Waals surface area (Å²) in [7, 11) is 0. The maximum absolute atomic E-state index is 13.1. The van der Waals surface area contributed by atoms with Crippen molar-refractivity contribution < 1.29 is 9.13 Å². The molecule has 0 aliphatic rings. The van der Waals surface area contributed by atoms with Crippen LogP contribution in [0.1, 0.15) is 20.8 Å². The Morgan fingerprint density at radius 3 is 2.62 bits per heavy atom. The van der Waals surface area contributed by atoms with Gasteiger partial charge in [-0.3, -0.25) is 0 Å². The normalized spacial score (nSPS) is 11.6. The Morgan fingerprint density at radius 2 is 2.06 bits per heavy atom. The van der Waals surface area contributed by atoms with E-state index in [9.17, 15) is 4.39 Å². The molecule has 0 heterocycles. The first-order valence-electron chi connectivity index (χ1n) is 5.21. The molecule has 0 aromatic heterocycles. The van der Waals surface area contributed by atoms with Crippen LogP contribution in [0.3, 0.4) is 0 Å². The molecule has 1 aromatic rings. The first kappa shape index (κ1) is 13.3. The average Bonchev–Trinajstić information content (AvgIpc) is 2.17. The van der Waals surface area contributed by atoms with Gasteiger partial charge in [0.25, 0.3) is 0 Å². The van der Waals surface area contributed by atoms with Gasteiger partial charge in [0, 0.05) is 12.2 Å². The summed E-state index contributed by atoms with van der Waals surface area (Å²) in [5, 5.41) is 3.20. The number of ether oxygens (including phenoxy) is 1. The molecule has 1 rings (SSSR count). The number of nitrogens with one attached hydrogen (secondary N) is 1. The number of hydrogen-bond donors (Lipinski definition) is 1. The van der Waals surface area contributed by atoms with Crippen LogP contribution in [-0.4, -0.2) is 18.8 Å². The summed E-state index contributed by atoms with van der Waals surface area (Å²) in [5.41, 5.74) is 0.562. The molecule has 4 heteroatoms. The molecule has 0 saturated carbocycles. The second kappa shape index (κ2) is 5.51. The summed E-state index contributed by atoms with van der Waals surface area (Å²) < 4.78 is 18.6. The van der Waals surface area contributed by atoms with Crippen molar-refractivity contribution in [3.63, 3.8) is 0 Å². The second-order valence-corrected chi connectivity index (χ2v) is 4.92. The van der Waals surface area contributed by atoms with Gasteiger partial charge in [-0.15, -0.1) is 0 Å². The summed E-state index contributed by atoms with van der Waals surface area (Å²) in [6.45, 7) is 7.20. The van der Waals surface area contributed by atoms with E-state index in [-0.39, 0.29) is 10.6 Å². The highest BCUT2D eigenvalue weighted by Gasteiger charge is 2.08. The fourth-order valence-electron chi connectivity index (χ4n) is 1.16. The van der Waals surface area contributed by atoms with E-state index < -0.39 is 5.82 Å². The summed E-state index contributed by atoms with van der Waals surface area (Å²) in [5.74, 6) is -0.414. The molecule has 0 spiro atoms. The molecule has 0 radical (unpaired) electrons. The van der Waals surface area contributed by atoms with E-state index in [0.29, 0.717) is 18.8 Å². The first-order chi connectivity index (χ1) is 7.38. The Balaban J connectivity index is 2.35. The SMILES string of the molecule is CC(C)(C)OCCNc1ccc(Cl)c(F)c1. The molecule has 2 nitrogen and oxygen atoms in total. The lowest BCUT2D eigenvalue weighted by Gasteiger charge is -2.19. The van der Waals surface area contributed by atoms with Crippen molar-refractivity contribution in [3.8, 4) is 0 Å². The van der Waals surface area contributed by atoms with E-state index in [2.05, 4.69) is 5.32 Å². The third-order valence-electron chi connectivity index (χ3n) is 1.89. The highest BCUT2D eigenvalue weighted by molar-refractivity contribution is 6.30. The van der Waals surface area contributed by atoms with Crippen molar-refractivity contribution >= 4 is 17.3 Å². The van der Waals surface area contributed by atoms with Crippen LogP contribution in [0.5, 0.6) is 0 Å². The fourth-order valence-corrected chi connectivity index (χ4v) is 1.28. The van der Waals surface area contributed by atoms with Gasteiger partial charge in [0.1, 0.15) is 5.82 Å². The lowest BCUT2D eigenvalue weighted by atomic mass is 10.2. The van der Waals surface area contributed by atoms with E-state index in [4.69, 9.17) is 16.3 Å². The fraction of sp³-hybridized carbons (Fsp3) is 0.500. The predicted octanol–water partition coefficient (Wildman–Crippen LogP) is 3.71. The topological polar surface area (TPSA) is 21.3 Å². The van der Waals surface area contributed by atoms with Gasteiger partial charge in [-0.1, -0.05) is 11.6 Å². The molecular formula is C12H17ClFNO. The highest BCUT2D eigenvalue weighted by Crippen LogP contribution is 2.18. The van der Waals surface area contributed by atoms with Gasteiger partial charge in [-0.05, 0) is 39.0 Å². The van der Waals surface area contributed by atoms with Gasteiger partial charge in [0.15, 0.2) is 0 Å². The Bertz CT molecular complexity index is 349. The van der Waals surface area contributed by atoms with E-state index in [1.165, 1.54) is 12.1 Å². The van der Waals surface area contributed by atoms with Gasteiger partial charge >= 0.3 is 0 Å². The van der Waals surface area contributed by atoms with E-state index in [1.807, 2.05) is 20.8 Å². The van der Waals surface area contributed by atoms with Gasteiger partial charge in [0.2, 0.25) is 0 Å². The Hall–Kier alpha value is -0.800. The minimum Gasteiger partial charge on any atom is -0.383 e. The van der Waals surface area contributed by atoms with E-state index in [0.717, 1.165) is 0 Å². The van der Waals surface area contributed by atoms with Gasteiger partial charge in [-0.25, -0.2) is 4.39 Å². The first-order valence-corrected chi connectivity index (χ1v) is 5.59. The minimum absolute atomic E-state index is 0.136. The van der Waals surface area contributed by atoms with Crippen LogP contribution in [0.25, 0.3) is 0 Å². The van der Waals surface area contributed by atoms with Crippen LogP contribution >= 0.6 is 11.6 Å². The van der Waals surface area contributed by atoms with Gasteiger partial charge in [0.05, 0.1) is 17.2 Å². The smallest absolute Gasteiger partial charge is 0.143 e. The molecule has 1 N–H and O–H groups in total.